The first-order chi connectivity index (χ1) is 18.1. The normalized spacial score (nSPS) is 12.4. The van der Waals surface area contributed by atoms with Crippen LogP contribution in [0.1, 0.15) is 43.7 Å². The van der Waals surface area contributed by atoms with Crippen molar-refractivity contribution in [2.45, 2.75) is 42.4 Å². The van der Waals surface area contributed by atoms with Crippen molar-refractivity contribution >= 4 is 22.2 Å². The van der Waals surface area contributed by atoms with Crippen molar-refractivity contribution in [1.82, 2.24) is 0 Å². The minimum Gasteiger partial charge on any atom is -0.339 e. The highest BCUT2D eigenvalue weighted by Gasteiger charge is 2.29. The molecular formula is C32H27N3OS. The molecule has 0 aliphatic carbocycles. The predicted octanol–water partition coefficient (Wildman–Crippen LogP) is 7.96. The first-order valence-corrected chi connectivity index (χ1v) is 13.8. The van der Waals surface area contributed by atoms with Gasteiger partial charge in [0.25, 0.3) is 0 Å². The van der Waals surface area contributed by atoms with Gasteiger partial charge in [-0.1, -0.05) is 62.6 Å². The molecule has 0 amide bonds. The number of benzene rings is 4. The molecule has 4 nitrogen and oxygen atoms in total. The molecule has 1 aliphatic heterocycles. The van der Waals surface area contributed by atoms with Crippen LogP contribution in [-0.2, 0) is 10.8 Å². The van der Waals surface area contributed by atoms with E-state index in [2.05, 4.69) is 48.2 Å². The lowest BCUT2D eigenvalue weighted by Gasteiger charge is -2.33. The molecule has 0 atom stereocenters. The second-order valence-corrected chi connectivity index (χ2v) is 10.6. The Kier molecular flexibility index (Phi) is 7.17. The highest BCUT2D eigenvalue weighted by atomic mass is 32.2. The molecular weight excluding hydrogens is 474 g/mol. The molecule has 0 spiro atoms. The van der Waals surface area contributed by atoms with Crippen molar-refractivity contribution < 1.29 is 4.21 Å². The van der Waals surface area contributed by atoms with Crippen LogP contribution in [0, 0.1) is 22.7 Å². The van der Waals surface area contributed by atoms with Gasteiger partial charge in [0.15, 0.2) is 0 Å². The fourth-order valence-corrected chi connectivity index (χ4v) is 6.23. The van der Waals surface area contributed by atoms with E-state index in [9.17, 15) is 4.21 Å². The summed E-state index contributed by atoms with van der Waals surface area (Å²) in [5.74, 6) is 0. The number of rotatable bonds is 7. The minimum absolute atomic E-state index is 0.618. The van der Waals surface area contributed by atoms with Crippen LogP contribution in [0.5, 0.6) is 0 Å². The number of nitrogens with zero attached hydrogens (tertiary/aromatic N) is 3. The van der Waals surface area contributed by atoms with Gasteiger partial charge in [0.05, 0.1) is 55.2 Å². The van der Waals surface area contributed by atoms with Crippen LogP contribution in [0.15, 0.2) is 94.7 Å². The standard InChI is InChI=1S/C32H27N3OS/c1-2-3-4-5-18-35-29-16-14-27(25-10-6-23(21-33)7-11-25)19-31(29)37(36)32-20-28(15-17-30(32)35)26-12-8-24(22-34)9-13-26/h6-17,19-20H,2-5,18H2,1H3. The van der Waals surface area contributed by atoms with Gasteiger partial charge in [0.1, 0.15) is 0 Å². The van der Waals surface area contributed by atoms with Crippen molar-refractivity contribution in [2.75, 3.05) is 11.4 Å². The average molecular weight is 502 g/mol. The van der Waals surface area contributed by atoms with Crippen molar-refractivity contribution in [3.05, 3.63) is 96.1 Å². The van der Waals surface area contributed by atoms with E-state index in [1.807, 2.05) is 60.7 Å². The van der Waals surface area contributed by atoms with Gasteiger partial charge in [-0.25, -0.2) is 4.21 Å². The third kappa shape index (κ3) is 4.92. The Labute approximate surface area is 220 Å². The summed E-state index contributed by atoms with van der Waals surface area (Å²) in [4.78, 5) is 3.93. The third-order valence-corrected chi connectivity index (χ3v) is 8.28. The van der Waals surface area contributed by atoms with Crippen LogP contribution >= 0.6 is 0 Å². The summed E-state index contributed by atoms with van der Waals surface area (Å²) in [6, 6.07) is 31.7. The fourth-order valence-electron chi connectivity index (χ4n) is 4.79. The topological polar surface area (TPSA) is 67.9 Å². The van der Waals surface area contributed by atoms with E-state index >= 15 is 0 Å². The molecule has 0 unspecified atom stereocenters. The zero-order valence-electron chi connectivity index (χ0n) is 20.8. The molecule has 1 heterocycles. The average Bonchev–Trinajstić information content (AvgIpc) is 2.96. The van der Waals surface area contributed by atoms with Crippen molar-refractivity contribution in [3.8, 4) is 34.4 Å². The molecule has 5 heteroatoms. The van der Waals surface area contributed by atoms with E-state index in [4.69, 9.17) is 10.5 Å². The summed E-state index contributed by atoms with van der Waals surface area (Å²) in [6.45, 7) is 3.08. The van der Waals surface area contributed by atoms with Crippen LogP contribution in [0.25, 0.3) is 22.3 Å². The lowest BCUT2D eigenvalue weighted by Crippen LogP contribution is -2.25. The third-order valence-electron chi connectivity index (χ3n) is 6.83. The highest BCUT2D eigenvalue weighted by Crippen LogP contribution is 2.45. The van der Waals surface area contributed by atoms with Crippen LogP contribution in [0.2, 0.25) is 0 Å². The van der Waals surface area contributed by atoms with E-state index in [-0.39, 0.29) is 0 Å². The van der Waals surface area contributed by atoms with Crippen molar-refractivity contribution in [3.63, 3.8) is 0 Å². The molecule has 0 fully saturated rings. The smallest absolute Gasteiger partial charge is 0.0991 e. The first kappa shape index (κ1) is 24.5. The van der Waals surface area contributed by atoms with Crippen molar-refractivity contribution in [2.24, 2.45) is 0 Å². The Hall–Kier alpha value is -4.19. The lowest BCUT2D eigenvalue weighted by molar-refractivity contribution is 0.661. The maximum absolute atomic E-state index is 14.0. The Morgan fingerprint density at radius 3 is 1.54 bits per heavy atom. The Morgan fingerprint density at radius 2 is 1.11 bits per heavy atom. The van der Waals surface area contributed by atoms with Gasteiger partial charge in [-0.2, -0.15) is 10.5 Å². The minimum atomic E-state index is -1.35. The van der Waals surface area contributed by atoms with E-state index in [0.29, 0.717) is 11.1 Å². The zero-order valence-corrected chi connectivity index (χ0v) is 21.6. The molecule has 0 N–H and O–H groups in total. The van der Waals surface area contributed by atoms with E-state index in [0.717, 1.165) is 62.8 Å². The van der Waals surface area contributed by atoms with Gasteiger partial charge in [-0.3, -0.25) is 0 Å². The summed E-state index contributed by atoms with van der Waals surface area (Å²) in [6.07, 6.45) is 4.61. The Morgan fingerprint density at radius 1 is 0.649 bits per heavy atom. The molecule has 0 saturated heterocycles. The van der Waals surface area contributed by atoms with E-state index in [1.54, 1.807) is 0 Å². The van der Waals surface area contributed by atoms with Gasteiger partial charge in [-0.15, -0.1) is 0 Å². The second-order valence-electron chi connectivity index (χ2n) is 9.22. The van der Waals surface area contributed by atoms with E-state index < -0.39 is 10.8 Å². The quantitative estimate of drug-likeness (QED) is 0.241. The Bertz CT molecular complexity index is 1430. The number of unbranched alkanes of at least 4 members (excludes halogenated alkanes) is 3. The second kappa shape index (κ2) is 10.8. The van der Waals surface area contributed by atoms with Gasteiger partial charge >= 0.3 is 0 Å². The lowest BCUT2D eigenvalue weighted by atomic mass is 10.0. The number of fused-ring (bicyclic) bond motifs is 2. The van der Waals surface area contributed by atoms with Gasteiger partial charge in [0, 0.05) is 6.54 Å². The van der Waals surface area contributed by atoms with Gasteiger partial charge < -0.3 is 4.90 Å². The number of anilines is 2. The molecule has 4 aromatic carbocycles. The molecule has 5 rings (SSSR count). The SMILES string of the molecule is CCCCCCN1c2ccc(-c3ccc(C#N)cc3)cc2S(=O)c2cc(-c3ccc(C#N)cc3)ccc21. The molecule has 182 valence electrons. The van der Waals surface area contributed by atoms with Crippen LogP contribution in [-0.4, -0.2) is 10.8 Å². The molecule has 1 aliphatic rings. The molecule has 0 bridgehead atoms. The number of nitriles is 2. The summed E-state index contributed by atoms with van der Waals surface area (Å²) < 4.78 is 14.0. The largest absolute Gasteiger partial charge is 0.339 e. The summed E-state index contributed by atoms with van der Waals surface area (Å²) >= 11 is 0. The summed E-state index contributed by atoms with van der Waals surface area (Å²) in [7, 11) is -1.35. The van der Waals surface area contributed by atoms with Crippen LogP contribution < -0.4 is 4.90 Å². The molecule has 0 saturated carbocycles. The zero-order chi connectivity index (χ0) is 25.8. The molecule has 0 aromatic heterocycles. The van der Waals surface area contributed by atoms with Crippen LogP contribution in [0.3, 0.4) is 0 Å². The fraction of sp³-hybridized carbons (Fsp3) is 0.188. The number of hydrogen-bond acceptors (Lipinski definition) is 4. The van der Waals surface area contributed by atoms with Gasteiger partial charge in [-0.05, 0) is 77.2 Å². The maximum Gasteiger partial charge on any atom is 0.0991 e. The monoisotopic (exact) mass is 501 g/mol. The molecule has 0 radical (unpaired) electrons. The Balaban J connectivity index is 1.57. The predicted molar refractivity (Wildman–Crippen MR) is 149 cm³/mol. The van der Waals surface area contributed by atoms with Gasteiger partial charge in [0.2, 0.25) is 0 Å². The molecule has 4 aromatic rings. The summed E-state index contributed by atoms with van der Waals surface area (Å²) in [5, 5.41) is 18.3. The maximum atomic E-state index is 14.0. The molecule has 37 heavy (non-hydrogen) atoms. The van der Waals surface area contributed by atoms with Crippen molar-refractivity contribution in [1.29, 1.82) is 10.5 Å². The van der Waals surface area contributed by atoms with E-state index in [1.165, 1.54) is 12.8 Å². The first-order valence-electron chi connectivity index (χ1n) is 12.6. The summed E-state index contributed by atoms with van der Waals surface area (Å²) in [5.41, 5.74) is 7.16. The highest BCUT2D eigenvalue weighted by molar-refractivity contribution is 7.85. The van der Waals surface area contributed by atoms with Crippen LogP contribution in [0.4, 0.5) is 11.4 Å². The number of hydrogen-bond donors (Lipinski definition) is 0.